The summed E-state index contributed by atoms with van der Waals surface area (Å²) in [6.07, 6.45) is 10.9. The van der Waals surface area contributed by atoms with E-state index in [1.165, 1.54) is 6.33 Å². The van der Waals surface area contributed by atoms with Gasteiger partial charge in [-0.1, -0.05) is 31.4 Å². The number of fused-ring (bicyclic) bond motifs is 1. The number of hydrogen-bond donors (Lipinski definition) is 1. The maximum Gasteiger partial charge on any atom is 0.154 e. The second kappa shape index (κ2) is 11.3. The zero-order chi connectivity index (χ0) is 20.4. The molecule has 0 bridgehead atoms. The third kappa shape index (κ3) is 5.68. The predicted octanol–water partition coefficient (Wildman–Crippen LogP) is 3.57. The summed E-state index contributed by atoms with van der Waals surface area (Å²) in [5.74, 6) is 1.62. The summed E-state index contributed by atoms with van der Waals surface area (Å²) < 4.78 is 17.6. The molecule has 0 spiro atoms. The Kier molecular flexibility index (Phi) is 8.71. The van der Waals surface area contributed by atoms with E-state index in [9.17, 15) is 0 Å². The molecule has 3 heterocycles. The summed E-state index contributed by atoms with van der Waals surface area (Å²) in [6, 6.07) is 0. The van der Waals surface area contributed by atoms with Crippen molar-refractivity contribution < 1.29 is 14.2 Å². The molecule has 0 aromatic carbocycles. The van der Waals surface area contributed by atoms with Crippen LogP contribution in [0.3, 0.4) is 0 Å². The molecule has 1 aliphatic rings. The quantitative estimate of drug-likeness (QED) is 0.734. The summed E-state index contributed by atoms with van der Waals surface area (Å²) in [4.78, 5) is 4.39. The first-order valence-electron chi connectivity index (χ1n) is 9.29. The molecule has 7 heteroatoms. The molecule has 1 N–H and O–H groups in total. The van der Waals surface area contributed by atoms with Crippen molar-refractivity contribution in [2.24, 2.45) is 0 Å². The van der Waals surface area contributed by atoms with Crippen molar-refractivity contribution in [1.29, 1.82) is 0 Å². The van der Waals surface area contributed by atoms with Crippen LogP contribution in [0.5, 0.6) is 5.75 Å². The number of aromatic nitrogens is 3. The molecule has 2 aromatic rings. The molecule has 0 radical (unpaired) electrons. The molecule has 152 valence electrons. The molecular weight excluding hydrogens is 356 g/mol. The van der Waals surface area contributed by atoms with Crippen LogP contribution in [0.15, 0.2) is 49.5 Å². The fourth-order valence-electron chi connectivity index (χ4n) is 2.90. The predicted molar refractivity (Wildman–Crippen MR) is 112 cm³/mol. The van der Waals surface area contributed by atoms with E-state index in [4.69, 9.17) is 9.47 Å². The number of ether oxygens (including phenoxy) is 3. The van der Waals surface area contributed by atoms with E-state index in [0.29, 0.717) is 6.54 Å². The van der Waals surface area contributed by atoms with Crippen molar-refractivity contribution in [2.75, 3.05) is 39.3 Å². The Morgan fingerprint density at radius 1 is 1.36 bits per heavy atom. The topological polar surface area (TPSA) is 69.9 Å². The lowest BCUT2D eigenvalue weighted by atomic mass is 10.1. The Morgan fingerprint density at radius 2 is 2.07 bits per heavy atom. The number of anilines is 1. The lowest BCUT2D eigenvalue weighted by Crippen LogP contribution is -2.25. The largest absolute Gasteiger partial charge is 0.488 e. The molecule has 2 aromatic heterocycles. The van der Waals surface area contributed by atoms with Crippen LogP contribution in [0.4, 0.5) is 5.82 Å². The van der Waals surface area contributed by atoms with Gasteiger partial charge in [0.2, 0.25) is 0 Å². The highest BCUT2D eigenvalue weighted by Gasteiger charge is 2.19. The van der Waals surface area contributed by atoms with Crippen molar-refractivity contribution >= 4 is 11.3 Å². The van der Waals surface area contributed by atoms with Gasteiger partial charge in [0.05, 0.1) is 19.4 Å². The minimum atomic E-state index is 0.192. The molecule has 1 saturated heterocycles. The standard InChI is InChI=1S/C19H24N4O2.C2H6O/c1-4-6-15(5-2)11-20-19-18-14(3)17(12-23(18)22-13-21-19)25-16-7-9-24-10-8-16;1-3-2/h4-6,12-13,16H,1-2,7-11H2,3H3,(H,20,21,22);1-2H3/b15-6+;. The van der Waals surface area contributed by atoms with Gasteiger partial charge in [-0.15, -0.1) is 0 Å². The van der Waals surface area contributed by atoms with Crippen LogP contribution >= 0.6 is 0 Å². The highest BCUT2D eigenvalue weighted by atomic mass is 16.5. The summed E-state index contributed by atoms with van der Waals surface area (Å²) in [6.45, 7) is 11.7. The summed E-state index contributed by atoms with van der Waals surface area (Å²) >= 11 is 0. The highest BCUT2D eigenvalue weighted by molar-refractivity contribution is 5.75. The van der Waals surface area contributed by atoms with Gasteiger partial charge in [0.1, 0.15) is 23.7 Å². The Hall–Kier alpha value is -2.64. The third-order valence-electron chi connectivity index (χ3n) is 4.30. The van der Waals surface area contributed by atoms with Crippen molar-refractivity contribution in [3.63, 3.8) is 0 Å². The molecule has 1 aliphatic heterocycles. The van der Waals surface area contributed by atoms with E-state index < -0.39 is 0 Å². The van der Waals surface area contributed by atoms with Gasteiger partial charge in [0.15, 0.2) is 5.82 Å². The van der Waals surface area contributed by atoms with Gasteiger partial charge < -0.3 is 19.5 Å². The zero-order valence-electron chi connectivity index (χ0n) is 17.0. The lowest BCUT2D eigenvalue weighted by molar-refractivity contribution is 0.0253. The van der Waals surface area contributed by atoms with Crippen molar-refractivity contribution in [3.05, 3.63) is 55.0 Å². The maximum absolute atomic E-state index is 6.17. The van der Waals surface area contributed by atoms with Crippen LogP contribution in [0.1, 0.15) is 18.4 Å². The number of allylic oxidation sites excluding steroid dienone is 2. The second-order valence-corrected chi connectivity index (χ2v) is 6.39. The monoisotopic (exact) mass is 386 g/mol. The number of aryl methyl sites for hydroxylation is 1. The minimum Gasteiger partial charge on any atom is -0.488 e. The number of nitrogens with one attached hydrogen (secondary N) is 1. The van der Waals surface area contributed by atoms with E-state index >= 15 is 0 Å². The maximum atomic E-state index is 6.17. The van der Waals surface area contributed by atoms with Crippen LogP contribution in [0.25, 0.3) is 5.52 Å². The molecular formula is C21H30N4O3. The first kappa shape index (κ1) is 21.7. The first-order chi connectivity index (χ1) is 13.6. The molecule has 0 unspecified atom stereocenters. The molecule has 1 fully saturated rings. The fraction of sp³-hybridized carbons (Fsp3) is 0.429. The number of rotatable bonds is 7. The second-order valence-electron chi connectivity index (χ2n) is 6.39. The molecule has 7 nitrogen and oxygen atoms in total. The Morgan fingerprint density at radius 3 is 2.71 bits per heavy atom. The van der Waals surface area contributed by atoms with Gasteiger partial charge in [0, 0.05) is 39.2 Å². The molecule has 0 aliphatic carbocycles. The molecule has 0 atom stereocenters. The fourth-order valence-corrected chi connectivity index (χ4v) is 2.90. The van der Waals surface area contributed by atoms with Gasteiger partial charge in [-0.25, -0.2) is 9.50 Å². The SMILES string of the molecule is C=C/C=C(\C=C)CNc1ncnn2cc(OC3CCOCC3)c(C)c12.COC. The van der Waals surface area contributed by atoms with Crippen LogP contribution < -0.4 is 10.1 Å². The highest BCUT2D eigenvalue weighted by Crippen LogP contribution is 2.30. The Balaban J connectivity index is 0.000000878. The van der Waals surface area contributed by atoms with Gasteiger partial charge in [-0.05, 0) is 12.5 Å². The van der Waals surface area contributed by atoms with Crippen LogP contribution in [-0.4, -0.2) is 54.7 Å². The Bertz CT molecular complexity index is 807. The van der Waals surface area contributed by atoms with E-state index in [-0.39, 0.29) is 6.10 Å². The Labute approximate surface area is 166 Å². The summed E-state index contributed by atoms with van der Waals surface area (Å²) in [5, 5.41) is 7.66. The average Bonchev–Trinajstić information content (AvgIpc) is 3.02. The van der Waals surface area contributed by atoms with Crippen molar-refractivity contribution in [3.8, 4) is 5.75 Å². The molecule has 0 saturated carbocycles. The smallest absolute Gasteiger partial charge is 0.154 e. The van der Waals surface area contributed by atoms with Crippen molar-refractivity contribution in [2.45, 2.75) is 25.9 Å². The lowest BCUT2D eigenvalue weighted by Gasteiger charge is -2.23. The summed E-state index contributed by atoms with van der Waals surface area (Å²) in [7, 11) is 3.25. The van der Waals surface area contributed by atoms with E-state index in [1.807, 2.05) is 23.7 Å². The normalized spacial score (nSPS) is 14.9. The van der Waals surface area contributed by atoms with E-state index in [0.717, 1.165) is 54.3 Å². The average molecular weight is 386 g/mol. The van der Waals surface area contributed by atoms with Crippen LogP contribution in [-0.2, 0) is 9.47 Å². The minimum absolute atomic E-state index is 0.192. The zero-order valence-corrected chi connectivity index (χ0v) is 17.0. The summed E-state index contributed by atoms with van der Waals surface area (Å²) in [5.41, 5.74) is 2.99. The number of methoxy groups -OCH3 is 1. The first-order valence-corrected chi connectivity index (χ1v) is 9.29. The van der Waals surface area contributed by atoms with Crippen LogP contribution in [0, 0.1) is 6.92 Å². The van der Waals surface area contributed by atoms with Gasteiger partial charge >= 0.3 is 0 Å². The number of hydrogen-bond acceptors (Lipinski definition) is 6. The molecule has 0 amide bonds. The number of nitrogens with zero attached hydrogens (tertiary/aromatic N) is 3. The molecule has 28 heavy (non-hydrogen) atoms. The van der Waals surface area contributed by atoms with Gasteiger partial charge in [-0.3, -0.25) is 0 Å². The van der Waals surface area contributed by atoms with E-state index in [2.05, 4.69) is 33.3 Å². The third-order valence-corrected chi connectivity index (χ3v) is 4.30. The van der Waals surface area contributed by atoms with Gasteiger partial charge in [0.25, 0.3) is 0 Å². The molecule has 3 rings (SSSR count). The van der Waals surface area contributed by atoms with Crippen molar-refractivity contribution in [1.82, 2.24) is 14.6 Å². The van der Waals surface area contributed by atoms with Crippen LogP contribution in [0.2, 0.25) is 0 Å². The van der Waals surface area contributed by atoms with Gasteiger partial charge in [-0.2, -0.15) is 5.10 Å². The van der Waals surface area contributed by atoms with E-state index in [1.54, 1.807) is 26.4 Å².